The third-order valence-corrected chi connectivity index (χ3v) is 5.61. The van der Waals surface area contributed by atoms with E-state index in [2.05, 4.69) is 10.3 Å². The zero-order valence-electron chi connectivity index (χ0n) is 17.5. The van der Waals surface area contributed by atoms with E-state index in [0.29, 0.717) is 12.1 Å². The first-order valence-electron chi connectivity index (χ1n) is 10.1. The number of aromatic nitrogens is 4. The van der Waals surface area contributed by atoms with Crippen LogP contribution in [0.25, 0.3) is 11.2 Å². The van der Waals surface area contributed by atoms with E-state index in [1.165, 1.54) is 29.6 Å². The van der Waals surface area contributed by atoms with E-state index in [0.717, 1.165) is 36.1 Å². The molecule has 1 aliphatic rings. The summed E-state index contributed by atoms with van der Waals surface area (Å²) in [5, 5.41) is 2.81. The first kappa shape index (κ1) is 20.6. The van der Waals surface area contributed by atoms with E-state index < -0.39 is 11.2 Å². The van der Waals surface area contributed by atoms with Crippen LogP contribution in [0.2, 0.25) is 0 Å². The number of aryl methyl sites for hydroxylation is 1. The molecule has 0 aliphatic carbocycles. The smallest absolute Gasteiger partial charge is 0.332 e. The van der Waals surface area contributed by atoms with Gasteiger partial charge in [0.25, 0.3) is 11.5 Å². The summed E-state index contributed by atoms with van der Waals surface area (Å²) >= 11 is 0. The lowest BCUT2D eigenvalue weighted by Gasteiger charge is -2.15. The Labute approximate surface area is 177 Å². The third kappa shape index (κ3) is 3.88. The van der Waals surface area contributed by atoms with Crippen molar-refractivity contribution in [3.8, 4) is 0 Å². The van der Waals surface area contributed by atoms with E-state index in [-0.39, 0.29) is 29.5 Å². The van der Waals surface area contributed by atoms with Gasteiger partial charge in [0, 0.05) is 39.3 Å². The van der Waals surface area contributed by atoms with Crippen LogP contribution in [0.1, 0.15) is 28.8 Å². The Morgan fingerprint density at radius 1 is 1.03 bits per heavy atom. The number of rotatable bonds is 5. The van der Waals surface area contributed by atoms with Crippen molar-refractivity contribution < 1.29 is 9.59 Å². The molecule has 1 aromatic carbocycles. The number of carbonyl (C=O) groups excluding carboxylic acids is 2. The number of imidazole rings is 1. The molecule has 3 aromatic rings. The molecule has 0 atom stereocenters. The minimum absolute atomic E-state index is 0.0380. The summed E-state index contributed by atoms with van der Waals surface area (Å²) in [4.78, 5) is 55.3. The van der Waals surface area contributed by atoms with Gasteiger partial charge < -0.3 is 14.8 Å². The van der Waals surface area contributed by atoms with Gasteiger partial charge in [-0.1, -0.05) is 12.1 Å². The molecule has 2 amide bonds. The van der Waals surface area contributed by atoms with Crippen molar-refractivity contribution in [1.82, 2.24) is 28.9 Å². The van der Waals surface area contributed by atoms with Crippen LogP contribution in [0.15, 0.2) is 40.2 Å². The van der Waals surface area contributed by atoms with Gasteiger partial charge in [-0.3, -0.25) is 23.5 Å². The van der Waals surface area contributed by atoms with Gasteiger partial charge in [-0.05, 0) is 30.5 Å². The molecule has 10 nitrogen and oxygen atoms in total. The number of likely N-dealkylation sites (tertiary alicyclic amines) is 1. The first-order valence-corrected chi connectivity index (χ1v) is 10.1. The fourth-order valence-corrected chi connectivity index (χ4v) is 3.80. The van der Waals surface area contributed by atoms with Crippen LogP contribution in [-0.2, 0) is 32.0 Å². The van der Waals surface area contributed by atoms with Crippen molar-refractivity contribution >= 4 is 23.0 Å². The molecule has 1 saturated heterocycles. The number of hydrogen-bond donors (Lipinski definition) is 1. The number of amides is 2. The topological polar surface area (TPSA) is 111 Å². The molecule has 0 unspecified atom stereocenters. The number of nitrogens with one attached hydrogen (secondary N) is 1. The molecule has 10 heteroatoms. The largest absolute Gasteiger partial charge is 0.350 e. The highest BCUT2D eigenvalue weighted by Crippen LogP contribution is 2.13. The van der Waals surface area contributed by atoms with Crippen molar-refractivity contribution in [3.05, 3.63) is 62.6 Å². The molecule has 2 aromatic heterocycles. The van der Waals surface area contributed by atoms with E-state index in [1.807, 2.05) is 17.0 Å². The molecule has 31 heavy (non-hydrogen) atoms. The van der Waals surface area contributed by atoms with Crippen LogP contribution in [0, 0.1) is 0 Å². The van der Waals surface area contributed by atoms with Crippen LogP contribution in [0.3, 0.4) is 0 Å². The molecule has 3 heterocycles. The second-order valence-electron chi connectivity index (χ2n) is 7.72. The Morgan fingerprint density at radius 2 is 1.71 bits per heavy atom. The van der Waals surface area contributed by atoms with Gasteiger partial charge in [0.2, 0.25) is 5.91 Å². The Morgan fingerprint density at radius 3 is 2.39 bits per heavy atom. The van der Waals surface area contributed by atoms with Crippen LogP contribution >= 0.6 is 0 Å². The van der Waals surface area contributed by atoms with E-state index in [4.69, 9.17) is 0 Å². The average molecular weight is 424 g/mol. The molecule has 162 valence electrons. The fraction of sp³-hybridized carbons (Fsp3) is 0.381. The number of nitrogens with zero attached hydrogens (tertiary/aromatic N) is 5. The predicted octanol–water partition coefficient (Wildman–Crippen LogP) is -0.0139. The molecule has 0 radical (unpaired) electrons. The monoisotopic (exact) mass is 424 g/mol. The number of benzene rings is 1. The zero-order valence-corrected chi connectivity index (χ0v) is 17.5. The molecule has 1 N–H and O–H groups in total. The standard InChI is InChI=1S/C21H24N6O4/c1-24-18-17(20(30)25(2)21(24)31)27(13-23-18)12-16(28)22-11-14-5-7-15(8-6-14)19(29)26-9-3-4-10-26/h5-8,13H,3-4,9-12H2,1-2H3,(H,22,28). The predicted molar refractivity (Wildman–Crippen MR) is 114 cm³/mol. The van der Waals surface area contributed by atoms with Crippen LogP contribution in [-0.4, -0.2) is 48.5 Å². The van der Waals surface area contributed by atoms with Gasteiger partial charge >= 0.3 is 5.69 Å². The maximum atomic E-state index is 12.5. The highest BCUT2D eigenvalue weighted by atomic mass is 16.2. The number of hydrogen-bond acceptors (Lipinski definition) is 5. The minimum atomic E-state index is -0.498. The van der Waals surface area contributed by atoms with Gasteiger partial charge in [-0.15, -0.1) is 0 Å². The molecule has 1 fully saturated rings. The summed E-state index contributed by atoms with van der Waals surface area (Å²) in [7, 11) is 2.92. The molecule has 0 saturated carbocycles. The van der Waals surface area contributed by atoms with Crippen LogP contribution in [0.4, 0.5) is 0 Å². The van der Waals surface area contributed by atoms with Gasteiger partial charge in [0.15, 0.2) is 11.2 Å². The molecular weight excluding hydrogens is 400 g/mol. The zero-order chi connectivity index (χ0) is 22.1. The van der Waals surface area contributed by atoms with Crippen molar-refractivity contribution in [1.29, 1.82) is 0 Å². The Balaban J connectivity index is 1.41. The second kappa shape index (κ2) is 8.21. The Kier molecular flexibility index (Phi) is 5.45. The Bertz CT molecular complexity index is 1260. The van der Waals surface area contributed by atoms with Crippen LogP contribution < -0.4 is 16.6 Å². The van der Waals surface area contributed by atoms with E-state index in [1.54, 1.807) is 12.1 Å². The molecule has 0 spiro atoms. The molecule has 4 rings (SSSR count). The fourth-order valence-electron chi connectivity index (χ4n) is 3.80. The van der Waals surface area contributed by atoms with Gasteiger partial charge in [0.05, 0.1) is 6.33 Å². The third-order valence-electron chi connectivity index (χ3n) is 5.61. The highest BCUT2D eigenvalue weighted by Gasteiger charge is 2.19. The molecule has 1 aliphatic heterocycles. The van der Waals surface area contributed by atoms with Crippen molar-refractivity contribution in [2.45, 2.75) is 25.9 Å². The maximum absolute atomic E-state index is 12.5. The SMILES string of the molecule is Cn1c(=O)c2c(ncn2CC(=O)NCc2ccc(C(=O)N3CCCC3)cc2)n(C)c1=O. The number of carbonyl (C=O) groups is 2. The van der Waals surface area contributed by atoms with Gasteiger partial charge in [-0.2, -0.15) is 0 Å². The summed E-state index contributed by atoms with van der Waals surface area (Å²) in [6, 6.07) is 7.19. The van der Waals surface area contributed by atoms with Crippen LogP contribution in [0.5, 0.6) is 0 Å². The Hall–Kier alpha value is -3.69. The first-order chi connectivity index (χ1) is 14.9. The van der Waals surface area contributed by atoms with E-state index in [9.17, 15) is 19.2 Å². The lowest BCUT2D eigenvalue weighted by molar-refractivity contribution is -0.121. The highest BCUT2D eigenvalue weighted by molar-refractivity contribution is 5.94. The van der Waals surface area contributed by atoms with Crippen molar-refractivity contribution in [2.24, 2.45) is 14.1 Å². The summed E-state index contributed by atoms with van der Waals surface area (Å²) in [5.41, 5.74) is 0.965. The van der Waals surface area contributed by atoms with Gasteiger partial charge in [0.1, 0.15) is 6.54 Å². The average Bonchev–Trinajstić information content (AvgIpc) is 3.45. The molecule has 0 bridgehead atoms. The quantitative estimate of drug-likeness (QED) is 0.619. The second-order valence-corrected chi connectivity index (χ2v) is 7.72. The van der Waals surface area contributed by atoms with Crippen molar-refractivity contribution in [3.63, 3.8) is 0 Å². The summed E-state index contributed by atoms with van der Waals surface area (Å²) in [6.07, 6.45) is 3.47. The lowest BCUT2D eigenvalue weighted by Crippen LogP contribution is -2.38. The van der Waals surface area contributed by atoms with Crippen molar-refractivity contribution in [2.75, 3.05) is 13.1 Å². The number of fused-ring (bicyclic) bond motifs is 1. The molecular formula is C21H24N6O4. The summed E-state index contributed by atoms with van der Waals surface area (Å²) in [5.74, 6) is -0.261. The van der Waals surface area contributed by atoms with E-state index >= 15 is 0 Å². The summed E-state index contributed by atoms with van der Waals surface area (Å²) < 4.78 is 3.70. The normalized spacial score (nSPS) is 13.7. The maximum Gasteiger partial charge on any atom is 0.332 e. The lowest BCUT2D eigenvalue weighted by atomic mass is 10.1. The summed E-state index contributed by atoms with van der Waals surface area (Å²) in [6.45, 7) is 1.79. The van der Waals surface area contributed by atoms with Gasteiger partial charge in [-0.25, -0.2) is 9.78 Å². The minimum Gasteiger partial charge on any atom is -0.350 e.